The van der Waals surface area contributed by atoms with Crippen molar-refractivity contribution in [1.29, 1.82) is 0 Å². The number of carbonyl (C=O) groups is 2. The number of thiophene rings is 1. The number of benzene rings is 1. The van der Waals surface area contributed by atoms with E-state index in [1.54, 1.807) is 11.3 Å². The number of dihydropyridines is 1. The first-order valence-electron chi connectivity index (χ1n) is 11.6. The smallest absolute Gasteiger partial charge is 0.254 e. The molecule has 7 heteroatoms. The van der Waals surface area contributed by atoms with Gasteiger partial charge in [0.05, 0.1) is 19.1 Å². The maximum absolute atomic E-state index is 13.5. The Hall–Kier alpha value is -2.74. The summed E-state index contributed by atoms with van der Waals surface area (Å²) in [4.78, 5) is 30.0. The van der Waals surface area contributed by atoms with Gasteiger partial charge in [0.1, 0.15) is 0 Å². The molecule has 33 heavy (non-hydrogen) atoms. The molecule has 1 saturated heterocycles. The number of nitrogens with zero attached hydrogens (tertiary/aromatic N) is 1. The van der Waals surface area contributed by atoms with Crippen molar-refractivity contribution in [3.63, 3.8) is 0 Å². The molecule has 3 heterocycles. The third-order valence-corrected chi connectivity index (χ3v) is 7.57. The highest BCUT2D eigenvalue weighted by Gasteiger charge is 2.39. The molecule has 0 unspecified atom stereocenters. The minimum Gasteiger partial charge on any atom is -0.379 e. The van der Waals surface area contributed by atoms with Gasteiger partial charge in [-0.05, 0) is 48.9 Å². The monoisotopic (exact) mass is 463 g/mol. The van der Waals surface area contributed by atoms with E-state index in [4.69, 9.17) is 4.74 Å². The van der Waals surface area contributed by atoms with E-state index in [9.17, 15) is 9.59 Å². The van der Waals surface area contributed by atoms with Gasteiger partial charge in [-0.2, -0.15) is 0 Å². The number of hydrogen-bond donors (Lipinski definition) is 2. The first-order chi connectivity index (χ1) is 16.1. The molecular weight excluding hydrogens is 434 g/mol. The second kappa shape index (κ2) is 9.63. The van der Waals surface area contributed by atoms with Gasteiger partial charge in [-0.3, -0.25) is 14.5 Å². The molecule has 2 aromatic rings. The molecule has 1 aromatic carbocycles. The van der Waals surface area contributed by atoms with Crippen LogP contribution in [-0.2, 0) is 20.9 Å². The summed E-state index contributed by atoms with van der Waals surface area (Å²) in [6.07, 6.45) is 2.23. The second-order valence-corrected chi connectivity index (χ2v) is 9.77. The van der Waals surface area contributed by atoms with Gasteiger partial charge in [-0.25, -0.2) is 0 Å². The first-order valence-corrected chi connectivity index (χ1v) is 12.5. The van der Waals surface area contributed by atoms with E-state index in [0.717, 1.165) is 73.2 Å². The molecule has 172 valence electrons. The lowest BCUT2D eigenvalue weighted by atomic mass is 9.77. The molecule has 1 aromatic heterocycles. The van der Waals surface area contributed by atoms with Crippen molar-refractivity contribution in [3.8, 4) is 0 Å². The van der Waals surface area contributed by atoms with Crippen LogP contribution in [0.25, 0.3) is 0 Å². The summed E-state index contributed by atoms with van der Waals surface area (Å²) in [6.45, 7) is 6.19. The second-order valence-electron chi connectivity index (χ2n) is 8.83. The van der Waals surface area contributed by atoms with Crippen molar-refractivity contribution in [2.75, 3.05) is 31.6 Å². The van der Waals surface area contributed by atoms with Crippen molar-refractivity contribution in [2.24, 2.45) is 0 Å². The lowest BCUT2D eigenvalue weighted by Gasteiger charge is -2.34. The van der Waals surface area contributed by atoms with Crippen molar-refractivity contribution in [2.45, 2.75) is 38.6 Å². The Kier molecular flexibility index (Phi) is 6.44. The zero-order valence-corrected chi connectivity index (χ0v) is 19.7. The Bertz CT molecular complexity index is 1110. The Balaban J connectivity index is 1.48. The molecule has 0 saturated carbocycles. The summed E-state index contributed by atoms with van der Waals surface area (Å²) in [6, 6.07) is 11.7. The Morgan fingerprint density at radius 3 is 2.79 bits per heavy atom. The quantitative estimate of drug-likeness (QED) is 0.696. The highest BCUT2D eigenvalue weighted by molar-refractivity contribution is 7.10. The Labute approximate surface area is 198 Å². The van der Waals surface area contributed by atoms with Gasteiger partial charge in [-0.15, -0.1) is 11.3 Å². The number of ether oxygens (including phenoxy) is 1. The van der Waals surface area contributed by atoms with Crippen molar-refractivity contribution >= 4 is 28.7 Å². The number of hydrogen-bond acceptors (Lipinski definition) is 6. The summed E-state index contributed by atoms with van der Waals surface area (Å²) in [5.74, 6) is -0.347. The van der Waals surface area contributed by atoms with Crippen molar-refractivity contribution in [1.82, 2.24) is 10.2 Å². The number of para-hydroxylation sites is 1. The lowest BCUT2D eigenvalue weighted by molar-refractivity contribution is -0.116. The number of Topliss-reactive ketones (excluding diaryl/α,β-unsaturated/α-hetero) is 1. The van der Waals surface area contributed by atoms with E-state index in [1.807, 2.05) is 37.3 Å². The fourth-order valence-corrected chi connectivity index (χ4v) is 5.96. The average molecular weight is 464 g/mol. The largest absolute Gasteiger partial charge is 0.379 e. The van der Waals surface area contributed by atoms with Crippen molar-refractivity contribution < 1.29 is 14.3 Å². The SMILES string of the molecule is CC1=C(C(=O)Nc2ccccc2)[C@H](c2cc(CN3CCOCC3)cs2)C2=C(CCCC2=O)N1. The van der Waals surface area contributed by atoms with Crippen LogP contribution in [0.1, 0.15) is 42.5 Å². The van der Waals surface area contributed by atoms with E-state index in [-0.39, 0.29) is 17.6 Å². The van der Waals surface area contributed by atoms with Crippen LogP contribution in [-0.4, -0.2) is 42.9 Å². The molecule has 0 bridgehead atoms. The topological polar surface area (TPSA) is 70.7 Å². The Morgan fingerprint density at radius 1 is 1.21 bits per heavy atom. The number of ketones is 1. The minimum absolute atomic E-state index is 0.148. The number of morpholine rings is 1. The molecule has 1 amide bonds. The van der Waals surface area contributed by atoms with Crippen LogP contribution < -0.4 is 10.6 Å². The summed E-state index contributed by atoms with van der Waals surface area (Å²) >= 11 is 1.65. The lowest BCUT2D eigenvalue weighted by Crippen LogP contribution is -2.35. The predicted octanol–water partition coefficient (Wildman–Crippen LogP) is 4.19. The number of nitrogens with one attached hydrogen (secondary N) is 2. The number of anilines is 1. The van der Waals surface area contributed by atoms with Gasteiger partial charge < -0.3 is 15.4 Å². The van der Waals surface area contributed by atoms with E-state index >= 15 is 0 Å². The van der Waals surface area contributed by atoms with Crippen LogP contribution in [0, 0.1) is 0 Å². The first kappa shape index (κ1) is 22.1. The molecule has 2 N–H and O–H groups in total. The van der Waals surface area contributed by atoms with Crippen LogP contribution >= 0.6 is 11.3 Å². The highest BCUT2D eigenvalue weighted by atomic mass is 32.1. The number of amides is 1. The van der Waals surface area contributed by atoms with Crippen LogP contribution in [0.2, 0.25) is 0 Å². The molecule has 1 fully saturated rings. The highest BCUT2D eigenvalue weighted by Crippen LogP contribution is 2.44. The van der Waals surface area contributed by atoms with Gasteiger partial charge in [-0.1, -0.05) is 18.2 Å². The molecule has 6 nitrogen and oxygen atoms in total. The van der Waals surface area contributed by atoms with E-state index < -0.39 is 0 Å². The van der Waals surface area contributed by atoms with E-state index in [2.05, 4.69) is 27.0 Å². The molecule has 2 aliphatic heterocycles. The van der Waals surface area contributed by atoms with Crippen molar-refractivity contribution in [3.05, 3.63) is 74.8 Å². The zero-order chi connectivity index (χ0) is 22.8. The third-order valence-electron chi connectivity index (χ3n) is 6.52. The van der Waals surface area contributed by atoms with E-state index in [1.165, 1.54) is 5.56 Å². The summed E-state index contributed by atoms with van der Waals surface area (Å²) < 4.78 is 5.47. The van der Waals surface area contributed by atoms with Crippen LogP contribution in [0.5, 0.6) is 0 Å². The maximum atomic E-state index is 13.5. The Morgan fingerprint density at radius 2 is 2.00 bits per heavy atom. The minimum atomic E-state index is -0.332. The number of rotatable bonds is 5. The summed E-state index contributed by atoms with van der Waals surface area (Å²) in [5.41, 5.74) is 5.17. The normalized spacial score (nSPS) is 21.6. The molecule has 1 aliphatic carbocycles. The van der Waals surface area contributed by atoms with E-state index in [0.29, 0.717) is 12.0 Å². The molecular formula is C26H29N3O3S. The van der Waals surface area contributed by atoms with Gasteiger partial charge in [0, 0.05) is 59.2 Å². The van der Waals surface area contributed by atoms with Gasteiger partial charge in [0.2, 0.25) is 0 Å². The molecule has 5 rings (SSSR count). The van der Waals surface area contributed by atoms with Crippen LogP contribution in [0.4, 0.5) is 5.69 Å². The zero-order valence-electron chi connectivity index (χ0n) is 18.9. The fourth-order valence-electron chi connectivity index (χ4n) is 4.93. The molecule has 3 aliphatic rings. The number of carbonyl (C=O) groups excluding carboxylic acids is 2. The fraction of sp³-hybridized carbons (Fsp3) is 0.385. The summed E-state index contributed by atoms with van der Waals surface area (Å²) in [5, 5.41) is 8.60. The molecule has 0 radical (unpaired) electrons. The molecule has 0 spiro atoms. The van der Waals surface area contributed by atoms with Gasteiger partial charge in [0.25, 0.3) is 5.91 Å². The third kappa shape index (κ3) is 4.67. The standard InChI is InChI=1S/C26H29N3O3S/c1-17-23(26(31)28-19-6-3-2-4-7-19)25(24-20(27-17)8-5-9-21(24)30)22-14-18(16-33-22)15-29-10-12-32-13-11-29/h2-4,6-7,14,16,25,27H,5,8-13,15H2,1H3,(H,28,31)/t25-/m0/s1. The number of allylic oxidation sites excluding steroid dienone is 3. The predicted molar refractivity (Wildman–Crippen MR) is 130 cm³/mol. The molecule has 1 atom stereocenters. The van der Waals surface area contributed by atoms with Gasteiger partial charge >= 0.3 is 0 Å². The van der Waals surface area contributed by atoms with Crippen LogP contribution in [0.3, 0.4) is 0 Å². The van der Waals surface area contributed by atoms with Gasteiger partial charge in [0.15, 0.2) is 5.78 Å². The average Bonchev–Trinajstić information content (AvgIpc) is 3.27. The maximum Gasteiger partial charge on any atom is 0.254 e. The summed E-state index contributed by atoms with van der Waals surface area (Å²) in [7, 11) is 0. The van der Waals surface area contributed by atoms with Crippen LogP contribution in [0.15, 0.2) is 64.3 Å².